The molecule has 0 atom stereocenters. The number of hydrogen-bond acceptors (Lipinski definition) is 2. The molecule has 4 nitrogen and oxygen atoms in total. The summed E-state index contributed by atoms with van der Waals surface area (Å²) in [6.07, 6.45) is 12.3. The zero-order valence-corrected chi connectivity index (χ0v) is 12.9. The van der Waals surface area contributed by atoms with Crippen molar-refractivity contribution in [3.05, 3.63) is 30.1 Å². The van der Waals surface area contributed by atoms with E-state index >= 15 is 0 Å². The van der Waals surface area contributed by atoms with Crippen LogP contribution < -0.4 is 11.1 Å². The van der Waals surface area contributed by atoms with Gasteiger partial charge in [0.2, 0.25) is 0 Å². The number of nitrogens with zero attached hydrogens (tertiary/aromatic N) is 2. The second kappa shape index (κ2) is 9.37. The standard InChI is InChI=1S/C17H28N4/c18-17(21-14-11-16-10-4-6-12-19-16)20-13-5-3-9-15-7-1-2-8-15/h4,6,10,12,15H,1-3,5,7-9,11,13-14H2,(H3,18,20,21). The lowest BCUT2D eigenvalue weighted by atomic mass is 10.0. The molecule has 0 radical (unpaired) electrons. The zero-order valence-electron chi connectivity index (χ0n) is 12.9. The molecule has 1 aromatic heterocycles. The molecule has 0 saturated heterocycles. The van der Waals surface area contributed by atoms with E-state index in [-0.39, 0.29) is 0 Å². The highest BCUT2D eigenvalue weighted by Gasteiger charge is 2.13. The van der Waals surface area contributed by atoms with Crippen molar-refractivity contribution in [3.63, 3.8) is 0 Å². The molecule has 1 aliphatic carbocycles. The van der Waals surface area contributed by atoms with Crippen LogP contribution in [0.2, 0.25) is 0 Å². The predicted molar refractivity (Wildman–Crippen MR) is 88.2 cm³/mol. The number of guanidine groups is 1. The molecule has 1 fully saturated rings. The Morgan fingerprint density at radius 2 is 2.14 bits per heavy atom. The van der Waals surface area contributed by atoms with Gasteiger partial charge in [0.15, 0.2) is 5.96 Å². The number of nitrogens with one attached hydrogen (secondary N) is 1. The summed E-state index contributed by atoms with van der Waals surface area (Å²) >= 11 is 0. The number of nitrogens with two attached hydrogens (primary N) is 1. The number of unbranched alkanes of at least 4 members (excludes halogenated alkanes) is 1. The lowest BCUT2D eigenvalue weighted by Crippen LogP contribution is -2.33. The summed E-state index contributed by atoms with van der Waals surface area (Å²) in [4.78, 5) is 8.66. The maximum Gasteiger partial charge on any atom is 0.188 e. The Morgan fingerprint density at radius 1 is 1.29 bits per heavy atom. The van der Waals surface area contributed by atoms with Gasteiger partial charge in [0, 0.05) is 31.4 Å². The van der Waals surface area contributed by atoms with Crippen LogP contribution in [0, 0.1) is 5.92 Å². The molecule has 1 aliphatic rings. The molecule has 0 aromatic carbocycles. The highest BCUT2D eigenvalue weighted by atomic mass is 15.1. The number of hydrogen-bond donors (Lipinski definition) is 2. The third-order valence-electron chi connectivity index (χ3n) is 4.19. The normalized spacial score (nSPS) is 16.3. The maximum absolute atomic E-state index is 5.86. The van der Waals surface area contributed by atoms with Crippen LogP contribution in [-0.4, -0.2) is 24.0 Å². The quantitative estimate of drug-likeness (QED) is 0.439. The van der Waals surface area contributed by atoms with Crippen LogP contribution in [0.3, 0.4) is 0 Å². The summed E-state index contributed by atoms with van der Waals surface area (Å²) in [5, 5.41) is 3.15. The first-order valence-electron chi connectivity index (χ1n) is 8.28. The Morgan fingerprint density at radius 3 is 2.90 bits per heavy atom. The van der Waals surface area contributed by atoms with Crippen molar-refractivity contribution in [1.82, 2.24) is 10.3 Å². The van der Waals surface area contributed by atoms with Crippen molar-refractivity contribution in [2.75, 3.05) is 13.1 Å². The summed E-state index contributed by atoms with van der Waals surface area (Å²) in [6.45, 7) is 1.63. The van der Waals surface area contributed by atoms with Gasteiger partial charge in [-0.3, -0.25) is 9.98 Å². The van der Waals surface area contributed by atoms with Crippen molar-refractivity contribution in [2.45, 2.75) is 51.4 Å². The fourth-order valence-corrected chi connectivity index (χ4v) is 2.96. The fourth-order valence-electron chi connectivity index (χ4n) is 2.96. The van der Waals surface area contributed by atoms with Gasteiger partial charge in [0.25, 0.3) is 0 Å². The van der Waals surface area contributed by atoms with Gasteiger partial charge in [-0.25, -0.2) is 0 Å². The summed E-state index contributed by atoms with van der Waals surface area (Å²) in [7, 11) is 0. The maximum atomic E-state index is 5.86. The van der Waals surface area contributed by atoms with E-state index in [0.29, 0.717) is 5.96 Å². The first-order valence-corrected chi connectivity index (χ1v) is 8.28. The average Bonchev–Trinajstić information content (AvgIpc) is 3.01. The number of aliphatic imine (C=N–C) groups is 1. The summed E-state index contributed by atoms with van der Waals surface area (Å²) in [6, 6.07) is 5.96. The Bertz CT molecular complexity index is 410. The Balaban J connectivity index is 1.50. The van der Waals surface area contributed by atoms with Gasteiger partial charge < -0.3 is 11.1 Å². The van der Waals surface area contributed by atoms with E-state index in [4.69, 9.17) is 5.73 Å². The molecule has 1 saturated carbocycles. The summed E-state index contributed by atoms with van der Waals surface area (Å²) in [5.74, 6) is 1.55. The van der Waals surface area contributed by atoms with Crippen molar-refractivity contribution in [1.29, 1.82) is 0 Å². The monoisotopic (exact) mass is 288 g/mol. The SMILES string of the molecule is NC(=NCCCCC1CCCC1)NCCc1ccccn1. The molecule has 0 unspecified atom stereocenters. The van der Waals surface area contributed by atoms with E-state index in [0.717, 1.165) is 37.5 Å². The molecule has 0 amide bonds. The van der Waals surface area contributed by atoms with Crippen LogP contribution in [0.4, 0.5) is 0 Å². The van der Waals surface area contributed by atoms with Crippen LogP contribution in [-0.2, 0) is 6.42 Å². The summed E-state index contributed by atoms with van der Waals surface area (Å²) in [5.41, 5.74) is 6.94. The van der Waals surface area contributed by atoms with Gasteiger partial charge in [0.05, 0.1) is 0 Å². The van der Waals surface area contributed by atoms with Crippen LogP contribution in [0.15, 0.2) is 29.4 Å². The molecular formula is C17H28N4. The number of rotatable bonds is 8. The molecule has 3 N–H and O–H groups in total. The largest absolute Gasteiger partial charge is 0.370 e. The molecule has 0 bridgehead atoms. The minimum Gasteiger partial charge on any atom is -0.370 e. The van der Waals surface area contributed by atoms with Crippen molar-refractivity contribution < 1.29 is 0 Å². The zero-order chi connectivity index (χ0) is 14.8. The van der Waals surface area contributed by atoms with E-state index in [9.17, 15) is 0 Å². The van der Waals surface area contributed by atoms with Crippen molar-refractivity contribution in [3.8, 4) is 0 Å². The van der Waals surface area contributed by atoms with Gasteiger partial charge in [-0.05, 0) is 24.5 Å². The third-order valence-corrected chi connectivity index (χ3v) is 4.19. The average molecular weight is 288 g/mol. The lowest BCUT2D eigenvalue weighted by molar-refractivity contribution is 0.476. The van der Waals surface area contributed by atoms with Gasteiger partial charge in [-0.1, -0.05) is 44.6 Å². The van der Waals surface area contributed by atoms with E-state index in [2.05, 4.69) is 15.3 Å². The predicted octanol–water partition coefficient (Wildman–Crippen LogP) is 2.89. The number of aromatic nitrogens is 1. The highest BCUT2D eigenvalue weighted by Crippen LogP contribution is 2.28. The molecule has 0 spiro atoms. The third kappa shape index (κ3) is 6.61. The highest BCUT2D eigenvalue weighted by molar-refractivity contribution is 5.77. The Kier molecular flexibility index (Phi) is 7.05. The molecular weight excluding hydrogens is 260 g/mol. The van der Waals surface area contributed by atoms with Gasteiger partial charge >= 0.3 is 0 Å². The van der Waals surface area contributed by atoms with Crippen molar-refractivity contribution in [2.24, 2.45) is 16.6 Å². The molecule has 0 aliphatic heterocycles. The minimum atomic E-state index is 0.562. The fraction of sp³-hybridized carbons (Fsp3) is 0.647. The first-order chi connectivity index (χ1) is 10.3. The number of pyridine rings is 1. The Labute approximate surface area is 128 Å². The van der Waals surface area contributed by atoms with E-state index in [1.165, 1.54) is 38.5 Å². The van der Waals surface area contributed by atoms with Gasteiger partial charge in [-0.15, -0.1) is 0 Å². The summed E-state index contributed by atoms with van der Waals surface area (Å²) < 4.78 is 0. The van der Waals surface area contributed by atoms with Gasteiger partial charge in [0.1, 0.15) is 0 Å². The molecule has 4 heteroatoms. The minimum absolute atomic E-state index is 0.562. The van der Waals surface area contributed by atoms with E-state index in [1.807, 2.05) is 24.4 Å². The second-order valence-corrected chi connectivity index (χ2v) is 5.91. The van der Waals surface area contributed by atoms with Crippen LogP contribution in [0.25, 0.3) is 0 Å². The molecule has 2 rings (SSSR count). The first kappa shape index (κ1) is 15.8. The van der Waals surface area contributed by atoms with Crippen molar-refractivity contribution >= 4 is 5.96 Å². The van der Waals surface area contributed by atoms with E-state index in [1.54, 1.807) is 0 Å². The van der Waals surface area contributed by atoms with Crippen LogP contribution in [0.5, 0.6) is 0 Å². The smallest absolute Gasteiger partial charge is 0.188 e. The van der Waals surface area contributed by atoms with Crippen LogP contribution in [0.1, 0.15) is 50.6 Å². The molecule has 1 heterocycles. The Hall–Kier alpha value is -1.58. The van der Waals surface area contributed by atoms with Gasteiger partial charge in [-0.2, -0.15) is 0 Å². The lowest BCUT2D eigenvalue weighted by Gasteiger charge is -2.08. The second-order valence-electron chi connectivity index (χ2n) is 5.91. The van der Waals surface area contributed by atoms with Crippen LogP contribution >= 0.6 is 0 Å². The molecule has 21 heavy (non-hydrogen) atoms. The molecule has 1 aromatic rings. The van der Waals surface area contributed by atoms with E-state index < -0.39 is 0 Å². The molecule has 116 valence electrons. The topological polar surface area (TPSA) is 63.3 Å².